The maximum absolute atomic E-state index is 10.7. The fraction of sp³-hybridized carbons (Fsp3) is 0.438. The van der Waals surface area contributed by atoms with Crippen molar-refractivity contribution in [1.82, 2.24) is 14.9 Å². The molecule has 0 saturated carbocycles. The molecule has 1 unspecified atom stereocenters. The molecule has 6 nitrogen and oxygen atoms in total. The molecule has 0 aliphatic carbocycles. The number of carboxylic acids is 1. The van der Waals surface area contributed by atoms with Crippen LogP contribution in [-0.2, 0) is 4.79 Å². The van der Waals surface area contributed by atoms with Crippen LogP contribution in [0.4, 0.5) is 5.82 Å². The number of para-hydroxylation sites is 1. The van der Waals surface area contributed by atoms with Gasteiger partial charge < -0.3 is 10.0 Å². The number of hydrogen-bond donors (Lipinski definition) is 1. The molecule has 0 radical (unpaired) electrons. The molecule has 2 aromatic rings. The average molecular weight is 300 g/mol. The quantitative estimate of drug-likeness (QED) is 0.925. The Labute approximate surface area is 129 Å². The lowest BCUT2D eigenvalue weighted by Gasteiger charge is -2.40. The third kappa shape index (κ3) is 3.01. The molecule has 1 atom stereocenters. The zero-order valence-corrected chi connectivity index (χ0v) is 12.6. The van der Waals surface area contributed by atoms with Crippen molar-refractivity contribution in [3.8, 4) is 0 Å². The van der Waals surface area contributed by atoms with Gasteiger partial charge in [-0.25, -0.2) is 9.97 Å². The van der Waals surface area contributed by atoms with Gasteiger partial charge in [-0.15, -0.1) is 0 Å². The molecular formula is C16H20N4O2. The van der Waals surface area contributed by atoms with Gasteiger partial charge in [-0.1, -0.05) is 12.1 Å². The van der Waals surface area contributed by atoms with Crippen molar-refractivity contribution < 1.29 is 9.90 Å². The second kappa shape index (κ2) is 6.27. The predicted octanol–water partition coefficient (Wildman–Crippen LogP) is 1.61. The van der Waals surface area contributed by atoms with E-state index in [0.29, 0.717) is 12.6 Å². The van der Waals surface area contributed by atoms with E-state index >= 15 is 0 Å². The van der Waals surface area contributed by atoms with Crippen molar-refractivity contribution in [2.75, 3.05) is 31.1 Å². The van der Waals surface area contributed by atoms with Gasteiger partial charge in [0.25, 0.3) is 0 Å². The van der Waals surface area contributed by atoms with E-state index in [2.05, 4.69) is 26.7 Å². The maximum atomic E-state index is 10.7. The lowest BCUT2D eigenvalue weighted by molar-refractivity contribution is -0.137. The summed E-state index contributed by atoms with van der Waals surface area (Å²) in [4.78, 5) is 24.0. The molecule has 0 amide bonds. The smallest absolute Gasteiger partial charge is 0.304 e. The number of benzene rings is 1. The minimum Gasteiger partial charge on any atom is -0.481 e. The first-order chi connectivity index (χ1) is 10.6. The van der Waals surface area contributed by atoms with Crippen molar-refractivity contribution in [1.29, 1.82) is 0 Å². The Morgan fingerprint density at radius 2 is 2.14 bits per heavy atom. The van der Waals surface area contributed by atoms with Crippen molar-refractivity contribution in [3.05, 3.63) is 30.6 Å². The van der Waals surface area contributed by atoms with Crippen LogP contribution < -0.4 is 4.90 Å². The van der Waals surface area contributed by atoms with E-state index in [9.17, 15) is 4.79 Å². The highest BCUT2D eigenvalue weighted by Crippen LogP contribution is 2.25. The van der Waals surface area contributed by atoms with Crippen LogP contribution in [-0.4, -0.2) is 58.2 Å². The summed E-state index contributed by atoms with van der Waals surface area (Å²) in [5.74, 6) is 0.230. The predicted molar refractivity (Wildman–Crippen MR) is 85.0 cm³/mol. The Morgan fingerprint density at radius 1 is 1.32 bits per heavy atom. The number of carboxylic acid groups (broad SMARTS) is 1. The van der Waals surface area contributed by atoms with Crippen molar-refractivity contribution in [2.45, 2.75) is 19.4 Å². The van der Waals surface area contributed by atoms with Gasteiger partial charge in [0.15, 0.2) is 0 Å². The lowest BCUT2D eigenvalue weighted by atomic mass is 10.1. The first kappa shape index (κ1) is 14.7. The van der Waals surface area contributed by atoms with E-state index in [4.69, 9.17) is 5.11 Å². The third-order valence-electron chi connectivity index (χ3n) is 4.15. The zero-order valence-electron chi connectivity index (χ0n) is 12.6. The summed E-state index contributed by atoms with van der Waals surface area (Å²) in [6, 6.07) is 8.32. The SMILES string of the molecule is CC1CN(CCC(=O)O)CCN1c1ncnc2ccccc12. The Morgan fingerprint density at radius 3 is 2.91 bits per heavy atom. The molecule has 1 aromatic carbocycles. The highest BCUT2D eigenvalue weighted by Gasteiger charge is 2.26. The zero-order chi connectivity index (χ0) is 15.5. The maximum Gasteiger partial charge on any atom is 0.304 e. The minimum absolute atomic E-state index is 0.198. The Balaban J connectivity index is 1.77. The molecule has 3 rings (SSSR count). The second-order valence-electron chi connectivity index (χ2n) is 5.70. The number of hydrogen-bond acceptors (Lipinski definition) is 5. The number of fused-ring (bicyclic) bond motifs is 1. The average Bonchev–Trinajstić information content (AvgIpc) is 2.53. The van der Waals surface area contributed by atoms with Crippen molar-refractivity contribution in [3.63, 3.8) is 0 Å². The van der Waals surface area contributed by atoms with Crippen LogP contribution in [0.25, 0.3) is 10.9 Å². The lowest BCUT2D eigenvalue weighted by Crippen LogP contribution is -2.52. The van der Waals surface area contributed by atoms with Gasteiger partial charge in [0.05, 0.1) is 11.9 Å². The summed E-state index contributed by atoms with van der Waals surface area (Å²) in [6.07, 6.45) is 1.81. The van der Waals surface area contributed by atoms with Crippen molar-refractivity contribution >= 4 is 22.7 Å². The van der Waals surface area contributed by atoms with Crippen LogP contribution in [0.1, 0.15) is 13.3 Å². The number of rotatable bonds is 4. The number of anilines is 1. The Kier molecular flexibility index (Phi) is 4.20. The second-order valence-corrected chi connectivity index (χ2v) is 5.70. The van der Waals surface area contributed by atoms with Gasteiger partial charge in [-0.2, -0.15) is 0 Å². The van der Waals surface area contributed by atoms with E-state index in [0.717, 1.165) is 36.4 Å². The highest BCUT2D eigenvalue weighted by molar-refractivity contribution is 5.89. The number of aromatic nitrogens is 2. The van der Waals surface area contributed by atoms with Crippen LogP contribution in [0.3, 0.4) is 0 Å². The van der Waals surface area contributed by atoms with E-state index in [1.54, 1.807) is 6.33 Å². The van der Waals surface area contributed by atoms with Crippen LogP contribution in [0, 0.1) is 0 Å². The Bertz CT molecular complexity index is 671. The number of piperazine rings is 1. The molecule has 2 heterocycles. The molecule has 1 fully saturated rings. The summed E-state index contributed by atoms with van der Waals surface area (Å²) < 4.78 is 0. The summed E-state index contributed by atoms with van der Waals surface area (Å²) >= 11 is 0. The topological polar surface area (TPSA) is 69.6 Å². The standard InChI is InChI=1S/C16H20N4O2/c1-12-10-19(7-6-15(21)22)8-9-20(12)16-13-4-2-3-5-14(13)17-11-18-16/h2-5,11-12H,6-10H2,1H3,(H,21,22). The summed E-state index contributed by atoms with van der Waals surface area (Å²) in [5.41, 5.74) is 0.952. The van der Waals surface area contributed by atoms with Crippen molar-refractivity contribution in [2.24, 2.45) is 0 Å². The normalized spacial score (nSPS) is 19.5. The molecule has 6 heteroatoms. The summed E-state index contributed by atoms with van der Waals surface area (Å²) in [5, 5.41) is 9.87. The number of aliphatic carboxylic acids is 1. The largest absolute Gasteiger partial charge is 0.481 e. The number of carbonyl (C=O) groups is 1. The van der Waals surface area contributed by atoms with E-state index in [1.807, 2.05) is 24.3 Å². The molecule has 1 aliphatic rings. The molecule has 0 spiro atoms. The molecule has 116 valence electrons. The molecule has 0 bridgehead atoms. The van der Waals surface area contributed by atoms with Gasteiger partial charge >= 0.3 is 5.97 Å². The molecule has 22 heavy (non-hydrogen) atoms. The van der Waals surface area contributed by atoms with Gasteiger partial charge in [0, 0.05) is 37.6 Å². The van der Waals surface area contributed by atoms with Crippen LogP contribution in [0.15, 0.2) is 30.6 Å². The molecule has 1 saturated heterocycles. The van der Waals surface area contributed by atoms with E-state index in [1.165, 1.54) is 0 Å². The summed E-state index contributed by atoms with van der Waals surface area (Å²) in [7, 11) is 0. The molecule has 1 aromatic heterocycles. The third-order valence-corrected chi connectivity index (χ3v) is 4.15. The van der Waals surface area contributed by atoms with Gasteiger partial charge in [-0.3, -0.25) is 9.69 Å². The summed E-state index contributed by atoms with van der Waals surface area (Å²) in [6.45, 7) is 5.32. The fourth-order valence-corrected chi connectivity index (χ4v) is 3.02. The van der Waals surface area contributed by atoms with Crippen LogP contribution >= 0.6 is 0 Å². The number of nitrogens with zero attached hydrogens (tertiary/aromatic N) is 4. The first-order valence-electron chi connectivity index (χ1n) is 7.55. The molecule has 1 N–H and O–H groups in total. The molecular weight excluding hydrogens is 280 g/mol. The van der Waals surface area contributed by atoms with Crippen LogP contribution in [0.2, 0.25) is 0 Å². The fourth-order valence-electron chi connectivity index (χ4n) is 3.02. The highest BCUT2D eigenvalue weighted by atomic mass is 16.4. The molecule has 1 aliphatic heterocycles. The minimum atomic E-state index is -0.739. The van der Waals surface area contributed by atoms with Gasteiger partial charge in [-0.05, 0) is 19.1 Å². The van der Waals surface area contributed by atoms with Gasteiger partial charge in [0.2, 0.25) is 0 Å². The van der Waals surface area contributed by atoms with E-state index < -0.39 is 5.97 Å². The monoisotopic (exact) mass is 300 g/mol. The first-order valence-corrected chi connectivity index (χ1v) is 7.55. The van der Waals surface area contributed by atoms with Crippen LogP contribution in [0.5, 0.6) is 0 Å². The van der Waals surface area contributed by atoms with Gasteiger partial charge in [0.1, 0.15) is 12.1 Å². The Hall–Kier alpha value is -2.21. The van der Waals surface area contributed by atoms with E-state index in [-0.39, 0.29) is 6.42 Å².